The van der Waals surface area contributed by atoms with Crippen molar-refractivity contribution in [3.8, 4) is 0 Å². The van der Waals surface area contributed by atoms with E-state index in [-0.39, 0.29) is 34.9 Å². The van der Waals surface area contributed by atoms with Crippen molar-refractivity contribution in [2.45, 2.75) is 13.1 Å². The Morgan fingerprint density at radius 1 is 1.03 bits per heavy atom. The molecule has 0 fully saturated rings. The highest BCUT2D eigenvalue weighted by atomic mass is 35.5. The molecular formula is C19H15ClF2N4O2S. The van der Waals surface area contributed by atoms with E-state index in [1.54, 1.807) is 24.3 Å². The second-order valence-electron chi connectivity index (χ2n) is 6.01. The fraction of sp³-hybridized carbons (Fsp3) is 0.105. The van der Waals surface area contributed by atoms with E-state index in [4.69, 9.17) is 17.3 Å². The van der Waals surface area contributed by atoms with Crippen LogP contribution in [0.15, 0.2) is 42.5 Å². The summed E-state index contributed by atoms with van der Waals surface area (Å²) >= 11 is 6.80. The molecule has 29 heavy (non-hydrogen) atoms. The number of rotatable bonds is 6. The lowest BCUT2D eigenvalue weighted by molar-refractivity contribution is 0.0946. The number of anilines is 1. The van der Waals surface area contributed by atoms with Crippen LogP contribution in [0.2, 0.25) is 5.02 Å². The fourth-order valence-corrected chi connectivity index (χ4v) is 3.42. The lowest BCUT2D eigenvalue weighted by atomic mass is 10.2. The molecule has 2 amide bonds. The molecule has 0 unspecified atom stereocenters. The van der Waals surface area contributed by atoms with Crippen molar-refractivity contribution in [3.05, 3.63) is 80.8 Å². The molecule has 0 saturated carbocycles. The molecule has 1 aromatic heterocycles. The van der Waals surface area contributed by atoms with Gasteiger partial charge in [-0.1, -0.05) is 29.8 Å². The molecule has 0 aliphatic carbocycles. The third-order valence-corrected chi connectivity index (χ3v) is 5.15. The molecule has 0 spiro atoms. The van der Waals surface area contributed by atoms with Crippen LogP contribution in [0.4, 0.5) is 14.5 Å². The molecule has 0 aliphatic heterocycles. The number of nitrogen functional groups attached to an aromatic ring is 1. The van der Waals surface area contributed by atoms with Crippen LogP contribution in [-0.4, -0.2) is 16.2 Å². The zero-order valence-corrected chi connectivity index (χ0v) is 16.4. The highest BCUT2D eigenvalue weighted by Crippen LogP contribution is 2.22. The number of benzene rings is 2. The Morgan fingerprint density at radius 2 is 1.69 bits per heavy atom. The first kappa shape index (κ1) is 20.7. The summed E-state index contributed by atoms with van der Waals surface area (Å²) in [6.07, 6.45) is 0. The number of halogens is 3. The van der Waals surface area contributed by atoms with Crippen molar-refractivity contribution in [2.24, 2.45) is 0 Å². The van der Waals surface area contributed by atoms with E-state index in [0.29, 0.717) is 5.02 Å². The Morgan fingerprint density at radius 3 is 2.38 bits per heavy atom. The fourth-order valence-electron chi connectivity index (χ4n) is 2.50. The maximum absolute atomic E-state index is 13.2. The van der Waals surface area contributed by atoms with Crippen molar-refractivity contribution in [3.63, 3.8) is 0 Å². The molecule has 2 aromatic carbocycles. The van der Waals surface area contributed by atoms with Gasteiger partial charge in [0.05, 0.1) is 5.69 Å². The SMILES string of the molecule is Nc1c(C(=O)NCc2ccccc2Cl)nsc1C(=O)NCc1cc(F)cc(F)c1. The second-order valence-corrected chi connectivity index (χ2v) is 7.19. The van der Waals surface area contributed by atoms with Gasteiger partial charge >= 0.3 is 0 Å². The largest absolute Gasteiger partial charge is 0.395 e. The Bertz CT molecular complexity index is 1050. The molecule has 3 aromatic rings. The molecular weight excluding hydrogens is 422 g/mol. The smallest absolute Gasteiger partial charge is 0.273 e. The average Bonchev–Trinajstić information content (AvgIpc) is 3.06. The van der Waals surface area contributed by atoms with Gasteiger partial charge < -0.3 is 16.4 Å². The van der Waals surface area contributed by atoms with Crippen molar-refractivity contribution >= 4 is 40.6 Å². The lowest BCUT2D eigenvalue weighted by Gasteiger charge is -2.07. The summed E-state index contributed by atoms with van der Waals surface area (Å²) in [7, 11) is 0. The molecule has 1 heterocycles. The minimum atomic E-state index is -0.746. The third-order valence-electron chi connectivity index (χ3n) is 3.92. The van der Waals surface area contributed by atoms with Crippen LogP contribution < -0.4 is 16.4 Å². The van der Waals surface area contributed by atoms with E-state index in [9.17, 15) is 18.4 Å². The number of nitrogens with one attached hydrogen (secondary N) is 2. The number of hydrogen-bond donors (Lipinski definition) is 3. The summed E-state index contributed by atoms with van der Waals surface area (Å²) in [5.74, 6) is -2.65. The number of nitrogens with zero attached hydrogens (tertiary/aromatic N) is 1. The number of hydrogen-bond acceptors (Lipinski definition) is 5. The maximum Gasteiger partial charge on any atom is 0.273 e. The van der Waals surface area contributed by atoms with Crippen molar-refractivity contribution in [1.29, 1.82) is 0 Å². The van der Waals surface area contributed by atoms with Crippen LogP contribution in [0.1, 0.15) is 31.3 Å². The Hall–Kier alpha value is -3.04. The molecule has 150 valence electrons. The van der Waals surface area contributed by atoms with Gasteiger partial charge in [0.15, 0.2) is 5.69 Å². The highest BCUT2D eigenvalue weighted by molar-refractivity contribution is 7.09. The first-order valence-corrected chi connectivity index (χ1v) is 9.50. The molecule has 0 aliphatic rings. The van der Waals surface area contributed by atoms with E-state index in [2.05, 4.69) is 15.0 Å². The van der Waals surface area contributed by atoms with Crippen LogP contribution in [0.25, 0.3) is 0 Å². The van der Waals surface area contributed by atoms with Gasteiger partial charge in [-0.05, 0) is 40.9 Å². The Labute approximate surface area is 173 Å². The van der Waals surface area contributed by atoms with Gasteiger partial charge in [0.25, 0.3) is 11.8 Å². The number of amides is 2. The summed E-state index contributed by atoms with van der Waals surface area (Å²) in [6, 6.07) is 9.97. The first-order chi connectivity index (χ1) is 13.8. The molecule has 0 bridgehead atoms. The molecule has 4 N–H and O–H groups in total. The zero-order valence-electron chi connectivity index (χ0n) is 14.8. The Kier molecular flexibility index (Phi) is 6.40. The van der Waals surface area contributed by atoms with Gasteiger partial charge in [-0.3, -0.25) is 9.59 Å². The second kappa shape index (κ2) is 8.97. The standard InChI is InChI=1S/C19H15ClF2N4O2S/c20-14-4-2-1-3-11(14)9-25-18(27)16-15(23)17(29-26-16)19(28)24-8-10-5-12(21)7-13(22)6-10/h1-7H,8-9,23H2,(H,24,28)(H,25,27). The number of nitrogens with two attached hydrogens (primary N) is 1. The predicted octanol–water partition coefficient (Wildman–Crippen LogP) is 3.52. The van der Waals surface area contributed by atoms with Gasteiger partial charge in [0.2, 0.25) is 0 Å². The molecule has 0 radical (unpaired) electrons. The first-order valence-electron chi connectivity index (χ1n) is 8.35. The van der Waals surface area contributed by atoms with Crippen molar-refractivity contribution in [1.82, 2.24) is 15.0 Å². The van der Waals surface area contributed by atoms with Gasteiger partial charge in [-0.25, -0.2) is 8.78 Å². The van der Waals surface area contributed by atoms with E-state index >= 15 is 0 Å². The maximum atomic E-state index is 13.2. The topological polar surface area (TPSA) is 97.1 Å². The normalized spacial score (nSPS) is 10.6. The van der Waals surface area contributed by atoms with Crippen LogP contribution >= 0.6 is 23.1 Å². The summed E-state index contributed by atoms with van der Waals surface area (Å²) in [6.45, 7) is 0.0566. The van der Waals surface area contributed by atoms with Gasteiger partial charge in [0.1, 0.15) is 16.5 Å². The summed E-state index contributed by atoms with van der Waals surface area (Å²) in [5.41, 5.74) is 6.71. The highest BCUT2D eigenvalue weighted by Gasteiger charge is 2.22. The number of carbonyl (C=O) groups is 2. The summed E-state index contributed by atoms with van der Waals surface area (Å²) < 4.78 is 30.4. The zero-order chi connectivity index (χ0) is 21.0. The van der Waals surface area contributed by atoms with E-state index in [1.165, 1.54) is 0 Å². The van der Waals surface area contributed by atoms with Crippen LogP contribution in [0.5, 0.6) is 0 Å². The van der Waals surface area contributed by atoms with E-state index in [1.807, 2.05) is 0 Å². The predicted molar refractivity (Wildman–Crippen MR) is 107 cm³/mol. The van der Waals surface area contributed by atoms with Crippen LogP contribution in [-0.2, 0) is 13.1 Å². The summed E-state index contributed by atoms with van der Waals surface area (Å²) in [4.78, 5) is 24.7. The summed E-state index contributed by atoms with van der Waals surface area (Å²) in [5, 5.41) is 5.65. The van der Waals surface area contributed by atoms with Gasteiger partial charge in [-0.2, -0.15) is 4.37 Å². The Balaban J connectivity index is 1.64. The third kappa shape index (κ3) is 5.07. The minimum absolute atomic E-state index is 0.0322. The van der Waals surface area contributed by atoms with E-state index in [0.717, 1.165) is 35.3 Å². The molecule has 3 rings (SSSR count). The van der Waals surface area contributed by atoms with Crippen LogP contribution in [0.3, 0.4) is 0 Å². The number of carbonyl (C=O) groups excluding carboxylic acids is 2. The lowest BCUT2D eigenvalue weighted by Crippen LogP contribution is -2.25. The molecule has 0 atom stereocenters. The average molecular weight is 437 g/mol. The van der Waals surface area contributed by atoms with Gasteiger partial charge in [0, 0.05) is 24.2 Å². The quantitative estimate of drug-likeness (QED) is 0.550. The van der Waals surface area contributed by atoms with Crippen LogP contribution in [0, 0.1) is 11.6 Å². The minimum Gasteiger partial charge on any atom is -0.395 e. The van der Waals surface area contributed by atoms with Gasteiger partial charge in [-0.15, -0.1) is 0 Å². The molecule has 6 nitrogen and oxygen atoms in total. The van der Waals surface area contributed by atoms with Crippen molar-refractivity contribution < 1.29 is 18.4 Å². The monoisotopic (exact) mass is 436 g/mol. The molecule has 0 saturated heterocycles. The van der Waals surface area contributed by atoms with Crippen molar-refractivity contribution in [2.75, 3.05) is 5.73 Å². The number of aromatic nitrogens is 1. The van der Waals surface area contributed by atoms with E-state index < -0.39 is 23.4 Å². The molecule has 10 heteroatoms.